The summed E-state index contributed by atoms with van der Waals surface area (Å²) in [6.07, 6.45) is 2.93. The van der Waals surface area contributed by atoms with Gasteiger partial charge in [-0.2, -0.15) is 0 Å². The van der Waals surface area contributed by atoms with Crippen molar-refractivity contribution in [3.05, 3.63) is 35.6 Å². The van der Waals surface area contributed by atoms with Gasteiger partial charge in [-0.25, -0.2) is 4.39 Å². The number of carbonyl (C=O) groups is 1. The van der Waals surface area contributed by atoms with Gasteiger partial charge in [0.05, 0.1) is 12.6 Å². The average molecular weight is 387 g/mol. The van der Waals surface area contributed by atoms with E-state index in [1.165, 1.54) is 12.1 Å². The predicted octanol–water partition coefficient (Wildman–Crippen LogP) is 3.55. The molecule has 0 aromatic heterocycles. The van der Waals surface area contributed by atoms with Crippen LogP contribution in [0.2, 0.25) is 0 Å². The summed E-state index contributed by atoms with van der Waals surface area (Å²) in [6, 6.07) is 5.83. The first-order valence-corrected chi connectivity index (χ1v) is 9.37. The number of rotatable bonds is 8. The maximum atomic E-state index is 13.0. The van der Waals surface area contributed by atoms with Crippen LogP contribution in [-0.2, 0) is 4.79 Å². The number of nitrogens with one attached hydrogen (secondary N) is 1. The molecule has 1 amide bonds. The highest BCUT2D eigenvalue weighted by Crippen LogP contribution is 2.20. The normalized spacial score (nSPS) is 16.2. The summed E-state index contributed by atoms with van der Waals surface area (Å²) in [5.74, 6) is 0.734. The third kappa shape index (κ3) is 7.60. The second-order valence-electron chi connectivity index (χ2n) is 7.49. The van der Waals surface area contributed by atoms with E-state index >= 15 is 0 Å². The van der Waals surface area contributed by atoms with E-state index in [4.69, 9.17) is 0 Å². The highest BCUT2D eigenvalue weighted by atomic mass is 35.5. The smallest absolute Gasteiger partial charge is 0.222 e. The monoisotopic (exact) mass is 386 g/mol. The van der Waals surface area contributed by atoms with Crippen LogP contribution in [0.4, 0.5) is 4.39 Å². The Morgan fingerprint density at radius 2 is 1.85 bits per heavy atom. The Morgan fingerprint density at radius 1 is 1.23 bits per heavy atom. The molecule has 6 heteroatoms. The van der Waals surface area contributed by atoms with Crippen LogP contribution >= 0.6 is 12.4 Å². The molecule has 1 unspecified atom stereocenters. The maximum absolute atomic E-state index is 13.0. The predicted molar refractivity (Wildman–Crippen MR) is 105 cm³/mol. The zero-order chi connectivity index (χ0) is 18.2. The Morgan fingerprint density at radius 3 is 2.42 bits per heavy atom. The lowest BCUT2D eigenvalue weighted by Gasteiger charge is -2.28. The van der Waals surface area contributed by atoms with E-state index in [9.17, 15) is 14.3 Å². The standard InChI is InChI=1S/C20H31FN2O2.ClH/c1-15(2)13-23(14-19(24)17-4-6-18(21)7-5-17)20(25)8-3-16-9-11-22-12-10-16;/h4-7,15-16,19,22,24H,3,8-14H2,1-2H3;1H. The van der Waals surface area contributed by atoms with Crippen molar-refractivity contribution in [3.63, 3.8) is 0 Å². The van der Waals surface area contributed by atoms with Crippen molar-refractivity contribution in [3.8, 4) is 0 Å². The number of aliphatic hydroxyl groups is 1. The number of aliphatic hydroxyl groups excluding tert-OH is 1. The molecule has 4 nitrogen and oxygen atoms in total. The van der Waals surface area contributed by atoms with Gasteiger partial charge in [0, 0.05) is 13.0 Å². The van der Waals surface area contributed by atoms with E-state index in [0.717, 1.165) is 32.4 Å². The molecule has 0 bridgehead atoms. The fourth-order valence-electron chi connectivity index (χ4n) is 3.37. The van der Waals surface area contributed by atoms with Gasteiger partial charge < -0.3 is 15.3 Å². The van der Waals surface area contributed by atoms with Gasteiger partial charge in [0.25, 0.3) is 0 Å². The number of piperidine rings is 1. The van der Waals surface area contributed by atoms with Gasteiger partial charge in [-0.1, -0.05) is 26.0 Å². The van der Waals surface area contributed by atoms with Gasteiger partial charge in [0.1, 0.15) is 5.82 Å². The van der Waals surface area contributed by atoms with Crippen LogP contribution in [0.3, 0.4) is 0 Å². The molecule has 1 heterocycles. The molecule has 1 aliphatic heterocycles. The summed E-state index contributed by atoms with van der Waals surface area (Å²) in [4.78, 5) is 14.4. The molecule has 1 aromatic carbocycles. The molecule has 0 spiro atoms. The minimum atomic E-state index is -0.790. The molecule has 148 valence electrons. The quantitative estimate of drug-likeness (QED) is 0.718. The van der Waals surface area contributed by atoms with Crippen molar-refractivity contribution in [1.29, 1.82) is 0 Å². The molecule has 1 aromatic rings. The minimum absolute atomic E-state index is 0. The van der Waals surface area contributed by atoms with E-state index in [1.54, 1.807) is 17.0 Å². The Kier molecular flexibility index (Phi) is 10.1. The lowest BCUT2D eigenvalue weighted by Crippen LogP contribution is -2.38. The summed E-state index contributed by atoms with van der Waals surface area (Å²) in [7, 11) is 0. The molecule has 0 radical (unpaired) electrons. The first kappa shape index (κ1) is 22.9. The number of halogens is 2. The Bertz CT molecular complexity index is 533. The number of nitrogens with zero attached hydrogens (tertiary/aromatic N) is 1. The van der Waals surface area contributed by atoms with Gasteiger partial charge in [0.15, 0.2) is 0 Å². The van der Waals surface area contributed by atoms with Gasteiger partial charge >= 0.3 is 0 Å². The zero-order valence-corrected chi connectivity index (χ0v) is 16.6. The van der Waals surface area contributed by atoms with Gasteiger partial charge in [-0.15, -0.1) is 12.4 Å². The van der Waals surface area contributed by atoms with E-state index in [1.807, 2.05) is 0 Å². The number of hydrogen-bond donors (Lipinski definition) is 2. The molecule has 1 fully saturated rings. The molecule has 1 aliphatic rings. The highest BCUT2D eigenvalue weighted by molar-refractivity contribution is 5.85. The Hall–Kier alpha value is -1.17. The van der Waals surface area contributed by atoms with Gasteiger partial charge in [-0.05, 0) is 61.9 Å². The Labute approximate surface area is 162 Å². The molecule has 1 saturated heterocycles. The van der Waals surface area contributed by atoms with Crippen molar-refractivity contribution in [2.45, 2.75) is 45.6 Å². The highest BCUT2D eigenvalue weighted by Gasteiger charge is 2.21. The second kappa shape index (κ2) is 11.5. The first-order valence-electron chi connectivity index (χ1n) is 9.37. The summed E-state index contributed by atoms with van der Waals surface area (Å²) in [5, 5.41) is 13.8. The van der Waals surface area contributed by atoms with Crippen LogP contribution in [0.15, 0.2) is 24.3 Å². The van der Waals surface area contributed by atoms with E-state index < -0.39 is 6.10 Å². The lowest BCUT2D eigenvalue weighted by molar-refractivity contribution is -0.133. The third-order valence-corrected chi connectivity index (χ3v) is 4.81. The zero-order valence-electron chi connectivity index (χ0n) is 15.8. The van der Waals surface area contributed by atoms with Crippen LogP contribution < -0.4 is 5.32 Å². The third-order valence-electron chi connectivity index (χ3n) is 4.81. The van der Waals surface area contributed by atoms with Crippen molar-refractivity contribution in [2.24, 2.45) is 11.8 Å². The lowest BCUT2D eigenvalue weighted by atomic mass is 9.93. The number of carbonyl (C=O) groups excluding carboxylic acids is 1. The summed E-state index contributed by atoms with van der Waals surface area (Å²) >= 11 is 0. The molecule has 2 rings (SSSR count). The van der Waals surface area contributed by atoms with Crippen LogP contribution in [0, 0.1) is 17.7 Å². The first-order chi connectivity index (χ1) is 12.0. The van der Waals surface area contributed by atoms with Crippen molar-refractivity contribution in [1.82, 2.24) is 10.2 Å². The van der Waals surface area contributed by atoms with Gasteiger partial charge in [-0.3, -0.25) is 4.79 Å². The van der Waals surface area contributed by atoms with Crippen molar-refractivity contribution >= 4 is 18.3 Å². The number of amides is 1. The largest absolute Gasteiger partial charge is 0.387 e. The molecule has 2 N–H and O–H groups in total. The second-order valence-corrected chi connectivity index (χ2v) is 7.49. The SMILES string of the molecule is CC(C)CN(CC(O)c1ccc(F)cc1)C(=O)CCC1CCNCC1.Cl. The number of benzene rings is 1. The Balaban J connectivity index is 0.00000338. The molecule has 0 aliphatic carbocycles. The number of hydrogen-bond acceptors (Lipinski definition) is 3. The summed E-state index contributed by atoms with van der Waals surface area (Å²) in [5.41, 5.74) is 0.640. The van der Waals surface area contributed by atoms with Crippen LogP contribution in [0.5, 0.6) is 0 Å². The summed E-state index contributed by atoms with van der Waals surface area (Å²) < 4.78 is 13.0. The van der Waals surface area contributed by atoms with Crippen molar-refractivity contribution in [2.75, 3.05) is 26.2 Å². The van der Waals surface area contributed by atoms with E-state index in [-0.39, 0.29) is 30.7 Å². The van der Waals surface area contributed by atoms with E-state index in [2.05, 4.69) is 19.2 Å². The fourth-order valence-corrected chi connectivity index (χ4v) is 3.37. The summed E-state index contributed by atoms with van der Waals surface area (Å²) in [6.45, 7) is 7.10. The molecule has 26 heavy (non-hydrogen) atoms. The molecular weight excluding hydrogens is 355 g/mol. The van der Waals surface area contributed by atoms with Crippen LogP contribution in [0.1, 0.15) is 51.2 Å². The average Bonchev–Trinajstić information content (AvgIpc) is 2.60. The molecular formula is C20H32ClFN2O2. The molecule has 1 atom stereocenters. The maximum Gasteiger partial charge on any atom is 0.222 e. The minimum Gasteiger partial charge on any atom is -0.387 e. The van der Waals surface area contributed by atoms with Gasteiger partial charge in [0.2, 0.25) is 5.91 Å². The molecule has 0 saturated carbocycles. The fraction of sp³-hybridized carbons (Fsp3) is 0.650. The van der Waals surface area contributed by atoms with Crippen LogP contribution in [-0.4, -0.2) is 42.1 Å². The topological polar surface area (TPSA) is 52.6 Å². The van der Waals surface area contributed by atoms with E-state index in [0.29, 0.717) is 30.4 Å². The van der Waals surface area contributed by atoms with Crippen molar-refractivity contribution < 1.29 is 14.3 Å². The van der Waals surface area contributed by atoms with Crippen LogP contribution in [0.25, 0.3) is 0 Å².